The van der Waals surface area contributed by atoms with Gasteiger partial charge >= 0.3 is 5.63 Å². The molecule has 1 unspecified atom stereocenters. The van der Waals surface area contributed by atoms with E-state index >= 15 is 0 Å². The molecule has 1 aromatic heterocycles. The number of fused-ring (bicyclic) bond motifs is 3. The average Bonchev–Trinajstić information content (AvgIpc) is 2.76. The summed E-state index contributed by atoms with van der Waals surface area (Å²) in [4.78, 5) is 13.5. The Hall–Kier alpha value is -2.79. The van der Waals surface area contributed by atoms with Gasteiger partial charge in [-0.05, 0) is 35.4 Å². The Labute approximate surface area is 183 Å². The number of quaternary nitrogens is 1. The van der Waals surface area contributed by atoms with Gasteiger partial charge < -0.3 is 9.15 Å². The molecule has 4 aromatic rings. The van der Waals surface area contributed by atoms with Crippen molar-refractivity contribution in [3.63, 3.8) is 0 Å². The predicted octanol–water partition coefficient (Wildman–Crippen LogP) is 4.70. The largest absolute Gasteiger partial charge is 0.445 e. The summed E-state index contributed by atoms with van der Waals surface area (Å²) in [6.07, 6.45) is 0. The van der Waals surface area contributed by atoms with Crippen LogP contribution in [0.15, 0.2) is 75.9 Å². The molecular formula is C24H18Cl2NO3+. The molecule has 0 amide bonds. The molecule has 6 heteroatoms. The molecule has 0 aliphatic carbocycles. The monoisotopic (exact) mass is 438 g/mol. The molecule has 5 rings (SSSR count). The van der Waals surface area contributed by atoms with E-state index in [0.29, 0.717) is 35.4 Å². The lowest BCUT2D eigenvalue weighted by molar-refractivity contribution is -0.945. The molecule has 0 saturated carbocycles. The van der Waals surface area contributed by atoms with Crippen LogP contribution in [0.2, 0.25) is 10.0 Å². The molecule has 150 valence electrons. The third kappa shape index (κ3) is 3.58. The van der Waals surface area contributed by atoms with Crippen LogP contribution in [0.4, 0.5) is 0 Å². The average molecular weight is 439 g/mol. The quantitative estimate of drug-likeness (QED) is 0.471. The molecule has 0 saturated heterocycles. The van der Waals surface area contributed by atoms with Crippen molar-refractivity contribution in [3.05, 3.63) is 98.3 Å². The summed E-state index contributed by atoms with van der Waals surface area (Å²) < 4.78 is 11.7. The number of benzene rings is 3. The van der Waals surface area contributed by atoms with Crippen molar-refractivity contribution >= 4 is 34.2 Å². The minimum Gasteiger partial charge on any atom is -0.445 e. The smallest absolute Gasteiger partial charge is 0.336 e. The Morgan fingerprint density at radius 3 is 2.60 bits per heavy atom. The highest BCUT2D eigenvalue weighted by Gasteiger charge is 2.26. The van der Waals surface area contributed by atoms with Gasteiger partial charge in [-0.15, -0.1) is 0 Å². The van der Waals surface area contributed by atoms with Gasteiger partial charge in [-0.3, -0.25) is 4.90 Å². The minimum absolute atomic E-state index is 0.373. The lowest BCUT2D eigenvalue weighted by Gasteiger charge is -2.27. The Morgan fingerprint density at radius 1 is 0.967 bits per heavy atom. The number of halogens is 2. The fourth-order valence-corrected chi connectivity index (χ4v) is 4.43. The Morgan fingerprint density at radius 2 is 1.80 bits per heavy atom. The van der Waals surface area contributed by atoms with Crippen molar-refractivity contribution in [2.24, 2.45) is 0 Å². The van der Waals surface area contributed by atoms with Crippen molar-refractivity contribution in [3.8, 4) is 16.9 Å². The van der Waals surface area contributed by atoms with Gasteiger partial charge in [0.2, 0.25) is 6.73 Å². The molecule has 0 radical (unpaired) electrons. The van der Waals surface area contributed by atoms with Gasteiger partial charge in [0.15, 0.2) is 5.58 Å². The van der Waals surface area contributed by atoms with Crippen LogP contribution in [0.3, 0.4) is 0 Å². The molecule has 0 spiro atoms. The summed E-state index contributed by atoms with van der Waals surface area (Å²) in [7, 11) is 0. The fraction of sp³-hybridized carbons (Fsp3) is 0.125. The van der Waals surface area contributed by atoms with Gasteiger partial charge in [0.25, 0.3) is 0 Å². The van der Waals surface area contributed by atoms with E-state index in [-0.39, 0.29) is 5.63 Å². The van der Waals surface area contributed by atoms with Crippen molar-refractivity contribution < 1.29 is 14.1 Å². The number of hydrogen-bond donors (Lipinski definition) is 1. The highest BCUT2D eigenvalue weighted by atomic mass is 35.5. The van der Waals surface area contributed by atoms with E-state index in [1.54, 1.807) is 12.1 Å². The summed E-state index contributed by atoms with van der Waals surface area (Å²) in [6.45, 7) is 1.83. The zero-order valence-electron chi connectivity index (χ0n) is 16.0. The molecule has 0 fully saturated rings. The number of hydrogen-bond acceptors (Lipinski definition) is 3. The number of nitrogens with one attached hydrogen (secondary N) is 1. The van der Waals surface area contributed by atoms with Gasteiger partial charge in [-0.25, -0.2) is 4.79 Å². The number of rotatable bonds is 3. The van der Waals surface area contributed by atoms with E-state index in [2.05, 4.69) is 0 Å². The van der Waals surface area contributed by atoms with E-state index in [1.807, 2.05) is 54.6 Å². The maximum atomic E-state index is 12.4. The molecule has 1 atom stereocenters. The maximum absolute atomic E-state index is 12.4. The molecular weight excluding hydrogens is 421 g/mol. The van der Waals surface area contributed by atoms with Crippen molar-refractivity contribution in [2.75, 3.05) is 6.73 Å². The van der Waals surface area contributed by atoms with Crippen LogP contribution >= 0.6 is 23.2 Å². The third-order valence-electron chi connectivity index (χ3n) is 5.37. The first-order chi connectivity index (χ1) is 14.6. The van der Waals surface area contributed by atoms with E-state index < -0.39 is 0 Å². The second-order valence-electron chi connectivity index (χ2n) is 7.39. The summed E-state index contributed by atoms with van der Waals surface area (Å²) in [6, 6.07) is 20.8. The summed E-state index contributed by atoms with van der Waals surface area (Å²) >= 11 is 12.4. The van der Waals surface area contributed by atoms with Crippen molar-refractivity contribution in [1.82, 2.24) is 0 Å². The summed E-state index contributed by atoms with van der Waals surface area (Å²) in [5, 5.41) is 2.14. The first-order valence-corrected chi connectivity index (χ1v) is 10.4. The van der Waals surface area contributed by atoms with Gasteiger partial charge in [-0.1, -0.05) is 59.6 Å². The summed E-state index contributed by atoms with van der Waals surface area (Å²) in [5.74, 6) is 0.752. The zero-order chi connectivity index (χ0) is 20.7. The molecule has 3 aromatic carbocycles. The third-order valence-corrected chi connectivity index (χ3v) is 5.96. The Bertz CT molecular complexity index is 1300. The van der Waals surface area contributed by atoms with Crippen LogP contribution < -0.4 is 15.3 Å². The lowest BCUT2D eigenvalue weighted by atomic mass is 9.99. The molecule has 0 bridgehead atoms. The van der Waals surface area contributed by atoms with Crippen molar-refractivity contribution in [1.29, 1.82) is 0 Å². The highest BCUT2D eigenvalue weighted by Crippen LogP contribution is 2.34. The van der Waals surface area contributed by atoms with Crippen LogP contribution in [0.1, 0.15) is 11.1 Å². The van der Waals surface area contributed by atoms with Crippen LogP contribution in [-0.4, -0.2) is 6.73 Å². The molecule has 1 aliphatic heterocycles. The van der Waals surface area contributed by atoms with Gasteiger partial charge in [0.1, 0.15) is 18.8 Å². The van der Waals surface area contributed by atoms with E-state index in [4.69, 9.17) is 32.4 Å². The molecule has 1 aliphatic rings. The van der Waals surface area contributed by atoms with E-state index in [1.165, 1.54) is 0 Å². The second-order valence-corrected chi connectivity index (χ2v) is 8.24. The molecule has 2 heterocycles. The first-order valence-electron chi connectivity index (χ1n) is 9.64. The van der Waals surface area contributed by atoms with Crippen molar-refractivity contribution in [2.45, 2.75) is 13.1 Å². The SMILES string of the molecule is O=c1cc(-c2ccccc2)c2ccc3c(c2o1)C[NH+](Cc1ccc(Cl)cc1Cl)CO3. The lowest BCUT2D eigenvalue weighted by Crippen LogP contribution is -3.10. The van der Waals surface area contributed by atoms with Crippen LogP contribution in [0, 0.1) is 0 Å². The van der Waals surface area contributed by atoms with Gasteiger partial charge in [-0.2, -0.15) is 0 Å². The molecule has 4 nitrogen and oxygen atoms in total. The number of ether oxygens (including phenoxy) is 1. The molecule has 1 N–H and O–H groups in total. The van der Waals surface area contributed by atoms with E-state index in [9.17, 15) is 4.79 Å². The first kappa shape index (κ1) is 19.2. The van der Waals surface area contributed by atoms with Crippen LogP contribution in [0.5, 0.6) is 5.75 Å². The maximum Gasteiger partial charge on any atom is 0.336 e. The highest BCUT2D eigenvalue weighted by molar-refractivity contribution is 6.35. The van der Waals surface area contributed by atoms with Crippen LogP contribution in [0.25, 0.3) is 22.1 Å². The standard InChI is InChI=1S/C24H17Cl2NO3/c25-17-7-6-16(21(26)10-17)12-27-13-20-22(29-14-27)9-8-18-19(11-23(28)30-24(18)20)15-4-2-1-3-5-15/h1-11H,12-14H2/p+1. The van der Waals surface area contributed by atoms with Gasteiger partial charge in [0.05, 0.1) is 10.6 Å². The molecule has 30 heavy (non-hydrogen) atoms. The Kier molecular flexibility index (Phi) is 4.99. The predicted molar refractivity (Wildman–Crippen MR) is 118 cm³/mol. The normalized spacial score (nSPS) is 15.6. The Balaban J connectivity index is 1.56. The fourth-order valence-electron chi connectivity index (χ4n) is 3.95. The topological polar surface area (TPSA) is 43.9 Å². The second kappa shape index (κ2) is 7.80. The summed E-state index contributed by atoms with van der Waals surface area (Å²) in [5.41, 5.74) is 3.94. The zero-order valence-corrected chi connectivity index (χ0v) is 17.5. The minimum atomic E-state index is -0.373. The van der Waals surface area contributed by atoms with E-state index in [0.717, 1.165) is 38.3 Å². The van der Waals surface area contributed by atoms with Gasteiger partial charge in [0, 0.05) is 22.0 Å². The van der Waals surface area contributed by atoms with Crippen LogP contribution in [-0.2, 0) is 13.1 Å².